The number of nitrogens with zero attached hydrogens (tertiary/aromatic N) is 1. The van der Waals surface area contributed by atoms with E-state index in [2.05, 4.69) is 20.8 Å². The van der Waals surface area contributed by atoms with Crippen LogP contribution in [-0.2, 0) is 10.2 Å². The standard InChI is InChI=1S/C20H19NO2/c1-20(2,3)17-9-11-18(12-10-17)23-19(22)16(14-21)13-15-7-5-4-6-8-15/h4-13H,1-3H3. The second-order valence-electron chi connectivity index (χ2n) is 6.24. The quantitative estimate of drug-likeness (QED) is 0.363. The number of ether oxygens (including phenoxy) is 1. The van der Waals surface area contributed by atoms with E-state index in [1.807, 2.05) is 48.5 Å². The van der Waals surface area contributed by atoms with Gasteiger partial charge in [-0.05, 0) is 34.8 Å². The smallest absolute Gasteiger partial charge is 0.354 e. The van der Waals surface area contributed by atoms with Crippen molar-refractivity contribution >= 4 is 12.0 Å². The Bertz CT molecular complexity index is 745. The number of rotatable bonds is 3. The van der Waals surface area contributed by atoms with Gasteiger partial charge in [-0.2, -0.15) is 5.26 Å². The summed E-state index contributed by atoms with van der Waals surface area (Å²) in [4.78, 5) is 12.1. The van der Waals surface area contributed by atoms with Crippen LogP contribution in [0, 0.1) is 11.3 Å². The largest absolute Gasteiger partial charge is 0.422 e. The number of carbonyl (C=O) groups is 1. The minimum Gasteiger partial charge on any atom is -0.422 e. The van der Waals surface area contributed by atoms with E-state index in [1.54, 1.807) is 12.1 Å². The van der Waals surface area contributed by atoms with Crippen molar-refractivity contribution in [2.45, 2.75) is 26.2 Å². The summed E-state index contributed by atoms with van der Waals surface area (Å²) in [6, 6.07) is 18.4. The van der Waals surface area contributed by atoms with Crippen LogP contribution < -0.4 is 4.74 Å². The normalized spacial score (nSPS) is 11.7. The Balaban J connectivity index is 2.14. The summed E-state index contributed by atoms with van der Waals surface area (Å²) in [5, 5.41) is 9.17. The highest BCUT2D eigenvalue weighted by Crippen LogP contribution is 2.24. The fourth-order valence-corrected chi connectivity index (χ4v) is 2.04. The molecule has 0 heterocycles. The van der Waals surface area contributed by atoms with Gasteiger partial charge in [0.15, 0.2) is 0 Å². The molecule has 0 fully saturated rings. The molecule has 0 unspecified atom stereocenters. The molecule has 116 valence electrons. The highest BCUT2D eigenvalue weighted by atomic mass is 16.5. The third-order valence-corrected chi connectivity index (χ3v) is 3.38. The number of carbonyl (C=O) groups excluding carboxylic acids is 1. The lowest BCUT2D eigenvalue weighted by Gasteiger charge is -2.18. The number of hydrogen-bond donors (Lipinski definition) is 0. The van der Waals surface area contributed by atoms with E-state index in [-0.39, 0.29) is 11.0 Å². The molecule has 0 aliphatic carbocycles. The Hall–Kier alpha value is -2.86. The number of hydrogen-bond acceptors (Lipinski definition) is 3. The molecule has 23 heavy (non-hydrogen) atoms. The fourth-order valence-electron chi connectivity index (χ4n) is 2.04. The molecule has 2 aromatic rings. The summed E-state index contributed by atoms with van der Waals surface area (Å²) < 4.78 is 5.28. The minimum absolute atomic E-state index is 0.0314. The third kappa shape index (κ3) is 4.55. The van der Waals surface area contributed by atoms with Crippen LogP contribution in [0.4, 0.5) is 0 Å². The van der Waals surface area contributed by atoms with Crippen LogP contribution in [0.25, 0.3) is 6.08 Å². The van der Waals surface area contributed by atoms with E-state index in [0.717, 1.165) is 11.1 Å². The van der Waals surface area contributed by atoms with Gasteiger partial charge in [-0.1, -0.05) is 63.2 Å². The Labute approximate surface area is 136 Å². The van der Waals surface area contributed by atoms with Crippen LogP contribution >= 0.6 is 0 Å². The molecular weight excluding hydrogens is 286 g/mol. The van der Waals surface area contributed by atoms with E-state index >= 15 is 0 Å². The van der Waals surface area contributed by atoms with Gasteiger partial charge in [0.25, 0.3) is 0 Å². The van der Waals surface area contributed by atoms with Crippen molar-refractivity contribution in [2.75, 3.05) is 0 Å². The maximum atomic E-state index is 12.1. The highest BCUT2D eigenvalue weighted by Gasteiger charge is 2.15. The molecule has 2 rings (SSSR count). The molecule has 0 aliphatic heterocycles. The molecule has 0 saturated heterocycles. The van der Waals surface area contributed by atoms with Gasteiger partial charge in [0, 0.05) is 0 Å². The molecule has 3 nitrogen and oxygen atoms in total. The van der Waals surface area contributed by atoms with Gasteiger partial charge in [0.1, 0.15) is 17.4 Å². The maximum Gasteiger partial charge on any atom is 0.354 e. The SMILES string of the molecule is CC(C)(C)c1ccc(OC(=O)C(C#N)=Cc2ccccc2)cc1. The average molecular weight is 305 g/mol. The van der Waals surface area contributed by atoms with Gasteiger partial charge in [-0.15, -0.1) is 0 Å². The first-order valence-corrected chi connectivity index (χ1v) is 7.40. The number of esters is 1. The Kier molecular flexibility index (Phi) is 4.98. The molecule has 0 spiro atoms. The lowest BCUT2D eigenvalue weighted by Crippen LogP contribution is -2.12. The van der Waals surface area contributed by atoms with Gasteiger partial charge in [-0.25, -0.2) is 4.79 Å². The zero-order chi connectivity index (χ0) is 16.9. The Morgan fingerprint density at radius 3 is 2.17 bits per heavy atom. The molecule has 3 heteroatoms. The van der Waals surface area contributed by atoms with Gasteiger partial charge >= 0.3 is 5.97 Å². The van der Waals surface area contributed by atoms with Crippen molar-refractivity contribution in [3.63, 3.8) is 0 Å². The molecule has 0 bridgehead atoms. The molecule has 0 N–H and O–H groups in total. The predicted molar refractivity (Wildman–Crippen MR) is 90.8 cm³/mol. The number of benzene rings is 2. The summed E-state index contributed by atoms with van der Waals surface area (Å²) >= 11 is 0. The van der Waals surface area contributed by atoms with Crippen LogP contribution in [0.15, 0.2) is 60.2 Å². The predicted octanol–water partition coefficient (Wildman–Crippen LogP) is 4.50. The Morgan fingerprint density at radius 1 is 1.04 bits per heavy atom. The monoisotopic (exact) mass is 305 g/mol. The van der Waals surface area contributed by atoms with Gasteiger partial charge < -0.3 is 4.74 Å². The fraction of sp³-hybridized carbons (Fsp3) is 0.200. The first-order valence-electron chi connectivity index (χ1n) is 7.40. The summed E-state index contributed by atoms with van der Waals surface area (Å²) in [5.41, 5.74) is 1.94. The van der Waals surface area contributed by atoms with Crippen LogP contribution in [0.5, 0.6) is 5.75 Å². The second kappa shape index (κ2) is 6.93. The van der Waals surface area contributed by atoms with Crippen LogP contribution in [-0.4, -0.2) is 5.97 Å². The van der Waals surface area contributed by atoms with Crippen molar-refractivity contribution in [3.05, 3.63) is 71.3 Å². The zero-order valence-corrected chi connectivity index (χ0v) is 13.5. The molecule has 0 amide bonds. The van der Waals surface area contributed by atoms with E-state index in [1.165, 1.54) is 6.08 Å². The number of nitriles is 1. The van der Waals surface area contributed by atoms with E-state index < -0.39 is 5.97 Å². The molecule has 0 aromatic heterocycles. The van der Waals surface area contributed by atoms with Crippen molar-refractivity contribution in [2.24, 2.45) is 0 Å². The van der Waals surface area contributed by atoms with Crippen molar-refractivity contribution in [3.8, 4) is 11.8 Å². The molecule has 0 radical (unpaired) electrons. The molecule has 0 atom stereocenters. The minimum atomic E-state index is -0.653. The van der Waals surface area contributed by atoms with Crippen molar-refractivity contribution in [1.82, 2.24) is 0 Å². The first-order chi connectivity index (χ1) is 10.9. The summed E-state index contributed by atoms with van der Waals surface area (Å²) in [7, 11) is 0. The van der Waals surface area contributed by atoms with Gasteiger partial charge in [0.05, 0.1) is 0 Å². The van der Waals surface area contributed by atoms with Crippen molar-refractivity contribution in [1.29, 1.82) is 5.26 Å². The average Bonchev–Trinajstić information content (AvgIpc) is 2.53. The third-order valence-electron chi connectivity index (χ3n) is 3.38. The molecular formula is C20H19NO2. The molecule has 2 aromatic carbocycles. The zero-order valence-electron chi connectivity index (χ0n) is 13.5. The molecule has 0 aliphatic rings. The van der Waals surface area contributed by atoms with Gasteiger partial charge in [0.2, 0.25) is 0 Å². The lowest BCUT2D eigenvalue weighted by atomic mass is 9.87. The van der Waals surface area contributed by atoms with E-state index in [4.69, 9.17) is 10.00 Å². The maximum absolute atomic E-state index is 12.1. The Morgan fingerprint density at radius 2 is 1.65 bits per heavy atom. The summed E-state index contributed by atoms with van der Waals surface area (Å²) in [6.45, 7) is 6.35. The van der Waals surface area contributed by atoms with E-state index in [0.29, 0.717) is 5.75 Å². The van der Waals surface area contributed by atoms with Crippen LogP contribution in [0.1, 0.15) is 31.9 Å². The lowest BCUT2D eigenvalue weighted by molar-refractivity contribution is -0.129. The van der Waals surface area contributed by atoms with Crippen LogP contribution in [0.3, 0.4) is 0 Å². The topological polar surface area (TPSA) is 50.1 Å². The summed E-state index contributed by atoms with van der Waals surface area (Å²) in [5.74, 6) is -0.225. The summed E-state index contributed by atoms with van der Waals surface area (Å²) in [6.07, 6.45) is 1.52. The van der Waals surface area contributed by atoms with Crippen LogP contribution in [0.2, 0.25) is 0 Å². The first kappa shape index (κ1) is 16.5. The molecule has 0 saturated carbocycles. The van der Waals surface area contributed by atoms with E-state index in [9.17, 15) is 4.79 Å². The highest BCUT2D eigenvalue weighted by molar-refractivity contribution is 5.99. The van der Waals surface area contributed by atoms with Crippen molar-refractivity contribution < 1.29 is 9.53 Å². The second-order valence-corrected chi connectivity index (χ2v) is 6.24. The van der Waals surface area contributed by atoms with Gasteiger partial charge in [-0.3, -0.25) is 0 Å².